The lowest BCUT2D eigenvalue weighted by Gasteiger charge is -1.97. The van der Waals surface area contributed by atoms with E-state index in [1.54, 1.807) is 12.5 Å². The van der Waals surface area contributed by atoms with Gasteiger partial charge in [0, 0.05) is 7.05 Å². The lowest BCUT2D eigenvalue weighted by molar-refractivity contribution is 0.366. The van der Waals surface area contributed by atoms with E-state index in [9.17, 15) is 0 Å². The van der Waals surface area contributed by atoms with E-state index in [1.165, 1.54) is 12.8 Å². The number of hydrogen-bond acceptors (Lipinski definition) is 5. The van der Waals surface area contributed by atoms with Crippen molar-refractivity contribution in [1.82, 2.24) is 25.0 Å². The van der Waals surface area contributed by atoms with Crippen molar-refractivity contribution in [2.45, 2.75) is 19.4 Å². The van der Waals surface area contributed by atoms with Crippen molar-refractivity contribution >= 4 is 0 Å². The third-order valence-corrected chi connectivity index (χ3v) is 2.92. The highest BCUT2D eigenvalue weighted by Gasteiger charge is 2.20. The molecule has 17 heavy (non-hydrogen) atoms. The molecule has 0 saturated heterocycles. The van der Waals surface area contributed by atoms with E-state index in [4.69, 9.17) is 4.52 Å². The Morgan fingerprint density at radius 1 is 1.53 bits per heavy atom. The first-order valence-corrected chi connectivity index (χ1v) is 5.83. The van der Waals surface area contributed by atoms with Gasteiger partial charge in [-0.05, 0) is 25.3 Å². The van der Waals surface area contributed by atoms with Crippen LogP contribution < -0.4 is 5.32 Å². The highest BCUT2D eigenvalue weighted by Crippen LogP contribution is 2.27. The summed E-state index contributed by atoms with van der Waals surface area (Å²) in [6, 6.07) is 0. The standard InChI is InChI=1S/C11H15N5O/c1-16-7-13-5-9(16)11-14-10(17-15-11)6-12-4-8-2-3-8/h5,7-8,12H,2-4,6H2,1H3. The Labute approximate surface area is 99.0 Å². The largest absolute Gasteiger partial charge is 0.337 e. The van der Waals surface area contributed by atoms with Crippen LogP contribution in [-0.2, 0) is 13.6 Å². The molecule has 0 unspecified atom stereocenters. The van der Waals surface area contributed by atoms with E-state index in [0.717, 1.165) is 18.2 Å². The molecule has 0 aromatic carbocycles. The average molecular weight is 233 g/mol. The number of imidazole rings is 1. The zero-order valence-corrected chi connectivity index (χ0v) is 9.76. The maximum Gasteiger partial charge on any atom is 0.240 e. The predicted molar refractivity (Wildman–Crippen MR) is 60.9 cm³/mol. The van der Waals surface area contributed by atoms with Gasteiger partial charge in [0.1, 0.15) is 5.69 Å². The van der Waals surface area contributed by atoms with Crippen molar-refractivity contribution in [3.63, 3.8) is 0 Å². The monoisotopic (exact) mass is 233 g/mol. The minimum absolute atomic E-state index is 0.591. The molecule has 0 bridgehead atoms. The Morgan fingerprint density at radius 3 is 3.12 bits per heavy atom. The predicted octanol–water partition coefficient (Wildman–Crippen LogP) is 0.970. The van der Waals surface area contributed by atoms with Gasteiger partial charge in [0.15, 0.2) is 0 Å². The molecule has 0 atom stereocenters. The van der Waals surface area contributed by atoms with Crippen molar-refractivity contribution in [3.8, 4) is 11.5 Å². The SMILES string of the molecule is Cn1cncc1-c1noc(CNCC2CC2)n1. The van der Waals surface area contributed by atoms with Crippen LogP contribution in [0.2, 0.25) is 0 Å². The number of aromatic nitrogens is 4. The van der Waals surface area contributed by atoms with E-state index in [2.05, 4.69) is 20.4 Å². The molecule has 6 heteroatoms. The highest BCUT2D eigenvalue weighted by atomic mass is 16.5. The van der Waals surface area contributed by atoms with Gasteiger partial charge in [-0.3, -0.25) is 0 Å². The maximum absolute atomic E-state index is 5.18. The van der Waals surface area contributed by atoms with E-state index >= 15 is 0 Å². The third kappa shape index (κ3) is 2.36. The molecule has 1 aliphatic rings. The van der Waals surface area contributed by atoms with Gasteiger partial charge < -0.3 is 14.4 Å². The van der Waals surface area contributed by atoms with Crippen LogP contribution in [0, 0.1) is 5.92 Å². The molecule has 0 spiro atoms. The van der Waals surface area contributed by atoms with Gasteiger partial charge in [-0.25, -0.2) is 4.98 Å². The van der Waals surface area contributed by atoms with Crippen molar-refractivity contribution in [2.24, 2.45) is 13.0 Å². The summed E-state index contributed by atoms with van der Waals surface area (Å²) in [5.41, 5.74) is 0.863. The van der Waals surface area contributed by atoms with Crippen LogP contribution in [0.25, 0.3) is 11.5 Å². The molecule has 3 rings (SSSR count). The second kappa shape index (κ2) is 4.29. The molecule has 2 aromatic rings. The van der Waals surface area contributed by atoms with Crippen LogP contribution in [0.3, 0.4) is 0 Å². The molecule has 0 aliphatic heterocycles. The number of nitrogens with zero attached hydrogens (tertiary/aromatic N) is 4. The Morgan fingerprint density at radius 2 is 2.41 bits per heavy atom. The fourth-order valence-corrected chi connectivity index (χ4v) is 1.71. The second-order valence-corrected chi connectivity index (χ2v) is 4.48. The first-order chi connectivity index (χ1) is 8.33. The van der Waals surface area contributed by atoms with E-state index in [0.29, 0.717) is 18.3 Å². The van der Waals surface area contributed by atoms with Crippen LogP contribution in [-0.4, -0.2) is 26.2 Å². The fourth-order valence-electron chi connectivity index (χ4n) is 1.71. The van der Waals surface area contributed by atoms with Gasteiger partial charge in [0.25, 0.3) is 0 Å². The first-order valence-electron chi connectivity index (χ1n) is 5.83. The summed E-state index contributed by atoms with van der Waals surface area (Å²) in [4.78, 5) is 8.36. The Hall–Kier alpha value is -1.69. The molecule has 0 amide bonds. The van der Waals surface area contributed by atoms with Crippen LogP contribution in [0.5, 0.6) is 0 Å². The first kappa shape index (κ1) is 10.5. The Bertz CT molecular complexity index is 499. The quantitative estimate of drug-likeness (QED) is 0.833. The zero-order chi connectivity index (χ0) is 11.7. The summed E-state index contributed by atoms with van der Waals surface area (Å²) in [7, 11) is 1.91. The number of aryl methyl sites for hydroxylation is 1. The maximum atomic E-state index is 5.18. The van der Waals surface area contributed by atoms with Crippen LogP contribution in [0.1, 0.15) is 18.7 Å². The van der Waals surface area contributed by atoms with Gasteiger partial charge in [0.05, 0.1) is 19.1 Å². The second-order valence-electron chi connectivity index (χ2n) is 4.48. The molecule has 2 heterocycles. The summed E-state index contributed by atoms with van der Waals surface area (Å²) in [6.45, 7) is 1.69. The molecule has 1 saturated carbocycles. The minimum atomic E-state index is 0.591. The van der Waals surface area contributed by atoms with Gasteiger partial charge in [-0.15, -0.1) is 0 Å². The zero-order valence-electron chi connectivity index (χ0n) is 9.76. The molecule has 6 nitrogen and oxygen atoms in total. The normalized spacial score (nSPS) is 15.4. The molecule has 1 aliphatic carbocycles. The van der Waals surface area contributed by atoms with Crippen molar-refractivity contribution < 1.29 is 4.52 Å². The van der Waals surface area contributed by atoms with Crippen molar-refractivity contribution in [2.75, 3.05) is 6.54 Å². The van der Waals surface area contributed by atoms with Gasteiger partial charge >= 0.3 is 0 Å². The minimum Gasteiger partial charge on any atom is -0.337 e. The van der Waals surface area contributed by atoms with Crippen molar-refractivity contribution in [3.05, 3.63) is 18.4 Å². The molecule has 0 radical (unpaired) electrons. The van der Waals surface area contributed by atoms with Gasteiger partial charge in [-0.2, -0.15) is 4.98 Å². The number of nitrogens with one attached hydrogen (secondary N) is 1. The molecule has 1 fully saturated rings. The fraction of sp³-hybridized carbons (Fsp3) is 0.545. The third-order valence-electron chi connectivity index (χ3n) is 2.92. The smallest absolute Gasteiger partial charge is 0.240 e. The lowest BCUT2D eigenvalue weighted by Crippen LogP contribution is -2.16. The molecular formula is C11H15N5O. The van der Waals surface area contributed by atoms with Gasteiger partial charge in [-0.1, -0.05) is 5.16 Å². The van der Waals surface area contributed by atoms with Crippen molar-refractivity contribution in [1.29, 1.82) is 0 Å². The molecule has 2 aromatic heterocycles. The Kier molecular flexibility index (Phi) is 2.64. The Balaban J connectivity index is 1.63. The van der Waals surface area contributed by atoms with E-state index in [-0.39, 0.29) is 0 Å². The molecule has 90 valence electrons. The summed E-state index contributed by atoms with van der Waals surface area (Å²) in [5, 5.41) is 7.26. The van der Waals surface area contributed by atoms with E-state index < -0.39 is 0 Å². The number of hydrogen-bond donors (Lipinski definition) is 1. The molecular weight excluding hydrogens is 218 g/mol. The summed E-state index contributed by atoms with van der Waals surface area (Å²) in [6.07, 6.45) is 6.14. The summed E-state index contributed by atoms with van der Waals surface area (Å²) in [5.74, 6) is 2.07. The number of rotatable bonds is 5. The van der Waals surface area contributed by atoms with Gasteiger partial charge in [0.2, 0.25) is 11.7 Å². The van der Waals surface area contributed by atoms with E-state index in [1.807, 2.05) is 11.6 Å². The highest BCUT2D eigenvalue weighted by molar-refractivity contribution is 5.46. The average Bonchev–Trinajstić information content (AvgIpc) is 2.85. The summed E-state index contributed by atoms with van der Waals surface area (Å²) >= 11 is 0. The topological polar surface area (TPSA) is 68.8 Å². The summed E-state index contributed by atoms with van der Waals surface area (Å²) < 4.78 is 7.05. The van der Waals surface area contributed by atoms with Crippen LogP contribution in [0.4, 0.5) is 0 Å². The lowest BCUT2D eigenvalue weighted by atomic mass is 10.4. The van der Waals surface area contributed by atoms with Crippen LogP contribution in [0.15, 0.2) is 17.0 Å². The van der Waals surface area contributed by atoms with Crippen LogP contribution >= 0.6 is 0 Å². The molecule has 1 N–H and O–H groups in total.